The van der Waals surface area contributed by atoms with Crippen molar-refractivity contribution in [3.05, 3.63) is 11.8 Å². The lowest BCUT2D eigenvalue weighted by molar-refractivity contribution is -0.141. The summed E-state index contributed by atoms with van der Waals surface area (Å²) < 4.78 is 4.61. The fraction of sp³-hybridized carbons (Fsp3) is 0.500. The van der Waals surface area contributed by atoms with E-state index < -0.39 is 0 Å². The first-order valence-electron chi connectivity index (χ1n) is 2.85. The molecule has 1 rings (SSSR count). The first-order chi connectivity index (χ1) is 4.34. The van der Waals surface area contributed by atoms with Crippen molar-refractivity contribution in [3.63, 3.8) is 0 Å². The van der Waals surface area contributed by atoms with Gasteiger partial charge < -0.3 is 9.84 Å². The average molecular weight is 128 g/mol. The third-order valence-electron chi connectivity index (χ3n) is 1.24. The number of cyclic esters (lactones) is 1. The predicted molar refractivity (Wildman–Crippen MR) is 30.9 cm³/mol. The van der Waals surface area contributed by atoms with Crippen molar-refractivity contribution in [1.29, 1.82) is 0 Å². The molecular formula is C6H8O3. The quantitative estimate of drug-likeness (QED) is 0.297. The zero-order chi connectivity index (χ0) is 6.69. The minimum atomic E-state index is -0.385. The molecule has 0 radical (unpaired) electrons. The normalized spacial score (nSPS) is 24.0. The molecule has 1 aliphatic rings. The number of ether oxygens (including phenoxy) is 1. The number of hydrogen-bond acceptors (Lipinski definition) is 3. The molecule has 0 saturated carbocycles. The highest BCUT2D eigenvalue weighted by Gasteiger charge is 2.15. The standard InChI is InChI=1S/C6H8O3/c7-4-5-2-1-3-9-6(5)8/h4,7H,1-3H2/b5-4+. The Hall–Kier alpha value is -0.990. The van der Waals surface area contributed by atoms with Crippen molar-refractivity contribution in [3.8, 4) is 0 Å². The fourth-order valence-corrected chi connectivity index (χ4v) is 0.739. The largest absolute Gasteiger partial charge is 0.515 e. The van der Waals surface area contributed by atoms with E-state index in [2.05, 4.69) is 4.74 Å². The molecule has 9 heavy (non-hydrogen) atoms. The third kappa shape index (κ3) is 1.22. The zero-order valence-electron chi connectivity index (χ0n) is 4.96. The number of carbonyl (C=O) groups is 1. The molecule has 0 unspecified atom stereocenters. The molecule has 0 amide bonds. The molecule has 50 valence electrons. The fourth-order valence-electron chi connectivity index (χ4n) is 0.739. The lowest BCUT2D eigenvalue weighted by Gasteiger charge is -2.11. The highest BCUT2D eigenvalue weighted by atomic mass is 16.5. The molecule has 0 spiro atoms. The van der Waals surface area contributed by atoms with E-state index >= 15 is 0 Å². The van der Waals surface area contributed by atoms with E-state index in [-0.39, 0.29) is 5.97 Å². The van der Waals surface area contributed by atoms with Gasteiger partial charge in [0.15, 0.2) is 0 Å². The summed E-state index contributed by atoms with van der Waals surface area (Å²) in [6.07, 6.45) is 2.27. The monoisotopic (exact) mass is 128 g/mol. The van der Waals surface area contributed by atoms with Crippen LogP contribution in [0.5, 0.6) is 0 Å². The van der Waals surface area contributed by atoms with Crippen LogP contribution in [0.4, 0.5) is 0 Å². The number of aliphatic hydroxyl groups excluding tert-OH is 1. The van der Waals surface area contributed by atoms with Crippen molar-refractivity contribution in [2.75, 3.05) is 6.61 Å². The van der Waals surface area contributed by atoms with Crippen molar-refractivity contribution >= 4 is 5.97 Å². The second-order valence-electron chi connectivity index (χ2n) is 1.89. The molecule has 1 heterocycles. The molecule has 3 heteroatoms. The zero-order valence-corrected chi connectivity index (χ0v) is 4.96. The summed E-state index contributed by atoms with van der Waals surface area (Å²) >= 11 is 0. The molecular weight excluding hydrogens is 120 g/mol. The van der Waals surface area contributed by atoms with Gasteiger partial charge >= 0.3 is 5.97 Å². The predicted octanol–water partition coefficient (Wildman–Crippen LogP) is 0.765. The van der Waals surface area contributed by atoms with Gasteiger partial charge in [0.2, 0.25) is 0 Å². The van der Waals surface area contributed by atoms with Gasteiger partial charge in [-0.15, -0.1) is 0 Å². The van der Waals surface area contributed by atoms with Crippen LogP contribution in [0.15, 0.2) is 11.8 Å². The number of carbonyl (C=O) groups excluding carboxylic acids is 1. The van der Waals surface area contributed by atoms with Gasteiger partial charge in [-0.1, -0.05) is 0 Å². The van der Waals surface area contributed by atoms with Gasteiger partial charge in [0.25, 0.3) is 0 Å². The van der Waals surface area contributed by atoms with Crippen LogP contribution in [0.1, 0.15) is 12.8 Å². The summed E-state index contributed by atoms with van der Waals surface area (Å²) in [6.45, 7) is 0.482. The summed E-state index contributed by atoms with van der Waals surface area (Å²) in [5.41, 5.74) is 0.376. The van der Waals surface area contributed by atoms with Crippen molar-refractivity contribution in [2.45, 2.75) is 12.8 Å². The van der Waals surface area contributed by atoms with E-state index in [9.17, 15) is 4.79 Å². The molecule has 0 aliphatic carbocycles. The van der Waals surface area contributed by atoms with Gasteiger partial charge in [-0.3, -0.25) is 0 Å². The highest BCUT2D eigenvalue weighted by Crippen LogP contribution is 2.12. The number of aliphatic hydroxyl groups is 1. The Morgan fingerprint density at radius 1 is 1.67 bits per heavy atom. The van der Waals surface area contributed by atoms with Crippen LogP contribution in [-0.2, 0) is 9.53 Å². The molecule has 0 bridgehead atoms. The van der Waals surface area contributed by atoms with Crippen molar-refractivity contribution in [2.24, 2.45) is 0 Å². The van der Waals surface area contributed by atoms with E-state index in [0.29, 0.717) is 18.6 Å². The molecule has 0 aromatic carbocycles. The Balaban J connectivity index is 2.60. The summed E-state index contributed by atoms with van der Waals surface area (Å²) in [6, 6.07) is 0. The van der Waals surface area contributed by atoms with Gasteiger partial charge in [-0.2, -0.15) is 0 Å². The molecule has 0 aromatic heterocycles. The van der Waals surface area contributed by atoms with Crippen LogP contribution >= 0.6 is 0 Å². The Morgan fingerprint density at radius 3 is 2.89 bits per heavy atom. The lowest BCUT2D eigenvalue weighted by Crippen LogP contribution is -2.15. The summed E-state index contributed by atoms with van der Waals surface area (Å²) in [7, 11) is 0. The highest BCUT2D eigenvalue weighted by molar-refractivity contribution is 5.88. The molecule has 1 aliphatic heterocycles. The minimum absolute atomic E-state index is 0.376. The molecule has 3 nitrogen and oxygen atoms in total. The first kappa shape index (κ1) is 6.13. The Bertz CT molecular complexity index is 148. The second-order valence-corrected chi connectivity index (χ2v) is 1.89. The molecule has 1 fully saturated rings. The third-order valence-corrected chi connectivity index (χ3v) is 1.24. The summed E-state index contributed by atoms with van der Waals surface area (Å²) in [5.74, 6) is -0.385. The Labute approximate surface area is 52.9 Å². The summed E-state index contributed by atoms with van der Waals surface area (Å²) in [5, 5.41) is 8.40. The van der Waals surface area contributed by atoms with Crippen LogP contribution in [0.3, 0.4) is 0 Å². The van der Waals surface area contributed by atoms with E-state index in [1.165, 1.54) is 0 Å². The van der Waals surface area contributed by atoms with Crippen LogP contribution in [0.25, 0.3) is 0 Å². The van der Waals surface area contributed by atoms with Crippen molar-refractivity contribution in [1.82, 2.24) is 0 Å². The van der Waals surface area contributed by atoms with Crippen LogP contribution < -0.4 is 0 Å². The molecule has 1 saturated heterocycles. The van der Waals surface area contributed by atoms with Gasteiger partial charge in [0.05, 0.1) is 18.4 Å². The van der Waals surface area contributed by atoms with Crippen LogP contribution in [-0.4, -0.2) is 17.7 Å². The van der Waals surface area contributed by atoms with E-state index in [4.69, 9.17) is 5.11 Å². The lowest BCUT2D eigenvalue weighted by atomic mass is 10.1. The SMILES string of the molecule is O=C1OCCC/C1=C\O. The van der Waals surface area contributed by atoms with E-state index in [0.717, 1.165) is 12.7 Å². The van der Waals surface area contributed by atoms with Gasteiger partial charge in [0.1, 0.15) is 0 Å². The number of esters is 1. The number of hydrogen-bond donors (Lipinski definition) is 1. The maximum Gasteiger partial charge on any atom is 0.337 e. The van der Waals surface area contributed by atoms with Gasteiger partial charge in [-0.05, 0) is 12.8 Å². The second kappa shape index (κ2) is 2.53. The van der Waals surface area contributed by atoms with E-state index in [1.54, 1.807) is 0 Å². The molecule has 0 atom stereocenters. The van der Waals surface area contributed by atoms with Gasteiger partial charge in [0, 0.05) is 0 Å². The Kier molecular flexibility index (Phi) is 1.72. The molecule has 0 aromatic rings. The maximum atomic E-state index is 10.6. The smallest absolute Gasteiger partial charge is 0.337 e. The first-order valence-corrected chi connectivity index (χ1v) is 2.85. The summed E-state index contributed by atoms with van der Waals surface area (Å²) in [4.78, 5) is 10.6. The molecule has 1 N–H and O–H groups in total. The maximum absolute atomic E-state index is 10.6. The topological polar surface area (TPSA) is 46.5 Å². The van der Waals surface area contributed by atoms with Crippen molar-refractivity contribution < 1.29 is 14.6 Å². The van der Waals surface area contributed by atoms with E-state index in [1.807, 2.05) is 0 Å². The van der Waals surface area contributed by atoms with Crippen LogP contribution in [0.2, 0.25) is 0 Å². The minimum Gasteiger partial charge on any atom is -0.515 e. The Morgan fingerprint density at radius 2 is 2.44 bits per heavy atom. The number of rotatable bonds is 0. The van der Waals surface area contributed by atoms with Crippen LogP contribution in [0, 0.1) is 0 Å². The average Bonchev–Trinajstić information content (AvgIpc) is 1.89. The van der Waals surface area contributed by atoms with Gasteiger partial charge in [-0.25, -0.2) is 4.79 Å².